The van der Waals surface area contributed by atoms with Crippen molar-refractivity contribution in [2.75, 3.05) is 42.6 Å². The van der Waals surface area contributed by atoms with Gasteiger partial charge in [0.2, 0.25) is 5.91 Å². The van der Waals surface area contributed by atoms with Gasteiger partial charge in [-0.05, 0) is 76.1 Å². The van der Waals surface area contributed by atoms with E-state index in [-0.39, 0.29) is 37.5 Å². The third-order valence-corrected chi connectivity index (χ3v) is 10.0. The van der Waals surface area contributed by atoms with Gasteiger partial charge in [-0.3, -0.25) is 14.4 Å². The fraction of sp³-hybridized carbons (Fsp3) is 0.629. The predicted octanol–water partition coefficient (Wildman–Crippen LogP) is 4.73. The molecule has 1 aromatic rings. The van der Waals surface area contributed by atoms with Crippen LogP contribution in [0.2, 0.25) is 0 Å². The molecular weight excluding hydrogens is 558 g/mol. The maximum Gasteiger partial charge on any atom is 0.312 e. The monoisotopic (exact) mass is 609 g/mol. The number of nitrogens with zero attached hydrogens (tertiary/aromatic N) is 3. The molecule has 3 saturated heterocycles. The van der Waals surface area contributed by atoms with Crippen molar-refractivity contribution >= 4 is 29.2 Å². The molecule has 44 heavy (non-hydrogen) atoms. The molecule has 0 saturated carbocycles. The summed E-state index contributed by atoms with van der Waals surface area (Å²) in [7, 11) is 0. The van der Waals surface area contributed by atoms with Crippen LogP contribution in [0.3, 0.4) is 0 Å². The second-order valence-electron chi connectivity index (χ2n) is 12.3. The second-order valence-corrected chi connectivity index (χ2v) is 12.3. The molecule has 0 aromatic heterocycles. The lowest BCUT2D eigenvalue weighted by molar-refractivity contribution is -0.156. The van der Waals surface area contributed by atoms with E-state index in [1.807, 2.05) is 44.2 Å². The number of unbranched alkanes of at least 4 members (excludes halogenated alkanes) is 2. The molecule has 3 heterocycles. The van der Waals surface area contributed by atoms with Crippen LogP contribution in [0.1, 0.15) is 66.2 Å². The molecule has 1 N–H and O–H groups in total. The predicted molar refractivity (Wildman–Crippen MR) is 172 cm³/mol. The summed E-state index contributed by atoms with van der Waals surface area (Å²) in [6, 6.07) is 6.24. The SMILES string of the molecule is C=CCCCCOC(=O)[C@@H]1[C@@H]2CCC3(O2)C(C(=O)N(CC=C)c2ccc(N(CC)CC)cc2)N([C@@H](CO)[C@@H](C)CC)C(=O)[C@H]13. The minimum Gasteiger partial charge on any atom is -0.465 e. The summed E-state index contributed by atoms with van der Waals surface area (Å²) in [4.78, 5) is 48.2. The van der Waals surface area contributed by atoms with Gasteiger partial charge in [0.1, 0.15) is 11.6 Å². The Kier molecular flexibility index (Phi) is 11.3. The Morgan fingerprint density at radius 1 is 1.14 bits per heavy atom. The largest absolute Gasteiger partial charge is 0.465 e. The second kappa shape index (κ2) is 14.7. The van der Waals surface area contributed by atoms with Crippen molar-refractivity contribution < 1.29 is 29.0 Å². The minimum atomic E-state index is -1.17. The van der Waals surface area contributed by atoms with E-state index in [1.54, 1.807) is 15.9 Å². The highest BCUT2D eigenvalue weighted by Gasteiger charge is 2.75. The average Bonchev–Trinajstić information content (AvgIpc) is 3.68. The molecule has 242 valence electrons. The van der Waals surface area contributed by atoms with Gasteiger partial charge in [-0.25, -0.2) is 0 Å². The van der Waals surface area contributed by atoms with E-state index in [0.29, 0.717) is 31.4 Å². The number of aliphatic hydroxyl groups is 1. The van der Waals surface area contributed by atoms with Gasteiger partial charge in [0.05, 0.1) is 37.2 Å². The molecule has 0 aliphatic carbocycles. The lowest BCUT2D eigenvalue weighted by Crippen LogP contribution is -2.60. The molecule has 0 radical (unpaired) electrons. The Balaban J connectivity index is 1.72. The molecular formula is C35H51N3O6. The van der Waals surface area contributed by atoms with Crippen LogP contribution in [0.15, 0.2) is 49.6 Å². The van der Waals surface area contributed by atoms with Gasteiger partial charge in [-0.15, -0.1) is 13.2 Å². The van der Waals surface area contributed by atoms with Gasteiger partial charge in [0.25, 0.3) is 5.91 Å². The number of ether oxygens (including phenoxy) is 2. The standard InChI is InChI=1S/C35H51N3O6/c1-7-12-13-14-22-43-34(42)29-28-19-20-35(44-28)30(29)32(40)38(27(23-39)24(6)9-3)31(35)33(41)37(21-8-2)26-17-15-25(16-18-26)36(10-4)11-5/h7-8,15-18,24,27-31,39H,1-2,9-14,19-23H2,3-6H3/t24-,27-,28-,29+,30-,31?,35?/m0/s1. The number of anilines is 2. The summed E-state index contributed by atoms with van der Waals surface area (Å²) < 4.78 is 12.3. The number of aliphatic hydroxyl groups excluding tert-OH is 1. The molecule has 2 unspecified atom stereocenters. The van der Waals surface area contributed by atoms with E-state index in [1.165, 1.54) is 0 Å². The van der Waals surface area contributed by atoms with Crippen molar-refractivity contribution in [1.82, 2.24) is 4.90 Å². The highest BCUT2D eigenvalue weighted by Crippen LogP contribution is 2.59. The van der Waals surface area contributed by atoms with Crippen LogP contribution >= 0.6 is 0 Å². The normalized spacial score (nSPS) is 26.7. The Morgan fingerprint density at radius 2 is 1.82 bits per heavy atom. The Hall–Kier alpha value is -3.17. The van der Waals surface area contributed by atoms with E-state index in [9.17, 15) is 19.5 Å². The quantitative estimate of drug-likeness (QED) is 0.155. The Bertz CT molecular complexity index is 1180. The first-order chi connectivity index (χ1) is 21.2. The summed E-state index contributed by atoms with van der Waals surface area (Å²) in [6.07, 6.45) is 7.17. The number of hydrogen-bond donors (Lipinski definition) is 1. The molecule has 2 bridgehead atoms. The van der Waals surface area contributed by atoms with E-state index < -0.39 is 41.6 Å². The van der Waals surface area contributed by atoms with Crippen molar-refractivity contribution in [2.45, 2.75) is 90.0 Å². The van der Waals surface area contributed by atoms with Gasteiger partial charge in [-0.2, -0.15) is 0 Å². The number of hydrogen-bond acceptors (Lipinski definition) is 7. The van der Waals surface area contributed by atoms with Crippen LogP contribution in [0.25, 0.3) is 0 Å². The number of allylic oxidation sites excluding steroid dienone is 1. The summed E-state index contributed by atoms with van der Waals surface area (Å²) in [6.45, 7) is 17.7. The maximum absolute atomic E-state index is 14.8. The highest BCUT2D eigenvalue weighted by molar-refractivity contribution is 6.05. The molecule has 1 spiro atoms. The van der Waals surface area contributed by atoms with Gasteiger partial charge in [-0.1, -0.05) is 32.4 Å². The van der Waals surface area contributed by atoms with Crippen LogP contribution in [0.5, 0.6) is 0 Å². The number of amides is 2. The minimum absolute atomic E-state index is 0.0804. The number of likely N-dealkylation sites (tertiary alicyclic amines) is 1. The van der Waals surface area contributed by atoms with Crippen LogP contribution in [-0.4, -0.2) is 84.4 Å². The average molecular weight is 610 g/mol. The smallest absolute Gasteiger partial charge is 0.312 e. The van der Waals surface area contributed by atoms with Crippen molar-refractivity contribution in [1.29, 1.82) is 0 Å². The topological polar surface area (TPSA) is 99.6 Å². The molecule has 9 heteroatoms. The molecule has 4 rings (SSSR count). The van der Waals surface area contributed by atoms with Crippen molar-refractivity contribution in [3.8, 4) is 0 Å². The number of esters is 1. The Morgan fingerprint density at radius 3 is 2.41 bits per heavy atom. The van der Waals surface area contributed by atoms with Gasteiger partial charge < -0.3 is 29.3 Å². The maximum atomic E-state index is 14.8. The molecule has 2 amide bonds. The van der Waals surface area contributed by atoms with Crippen LogP contribution in [-0.2, 0) is 23.9 Å². The van der Waals surface area contributed by atoms with Gasteiger partial charge in [0, 0.05) is 31.0 Å². The Labute approximate surface area is 262 Å². The fourth-order valence-electron chi connectivity index (χ4n) is 7.50. The first-order valence-electron chi connectivity index (χ1n) is 16.4. The number of fused-ring (bicyclic) bond motifs is 1. The van der Waals surface area contributed by atoms with E-state index in [2.05, 4.69) is 31.9 Å². The first-order valence-corrected chi connectivity index (χ1v) is 16.4. The zero-order chi connectivity index (χ0) is 32.0. The van der Waals surface area contributed by atoms with Crippen molar-refractivity contribution in [3.05, 3.63) is 49.6 Å². The van der Waals surface area contributed by atoms with E-state index in [4.69, 9.17) is 9.47 Å². The zero-order valence-electron chi connectivity index (χ0n) is 27.0. The fourth-order valence-corrected chi connectivity index (χ4v) is 7.50. The molecule has 3 aliphatic rings. The number of carbonyl (C=O) groups excluding carboxylic acids is 3. The number of rotatable bonds is 17. The summed E-state index contributed by atoms with van der Waals surface area (Å²) in [5, 5.41) is 10.6. The highest BCUT2D eigenvalue weighted by atomic mass is 16.6. The summed E-state index contributed by atoms with van der Waals surface area (Å²) >= 11 is 0. The van der Waals surface area contributed by atoms with E-state index >= 15 is 0 Å². The number of carbonyl (C=O) groups is 3. The van der Waals surface area contributed by atoms with Crippen LogP contribution < -0.4 is 9.80 Å². The lowest BCUT2D eigenvalue weighted by Gasteiger charge is -2.41. The van der Waals surface area contributed by atoms with Crippen LogP contribution in [0.4, 0.5) is 11.4 Å². The third-order valence-electron chi connectivity index (χ3n) is 10.0. The zero-order valence-corrected chi connectivity index (χ0v) is 27.0. The number of benzene rings is 1. The lowest BCUT2D eigenvalue weighted by atomic mass is 9.70. The molecule has 7 atom stereocenters. The summed E-state index contributed by atoms with van der Waals surface area (Å²) in [5.74, 6) is -2.76. The summed E-state index contributed by atoms with van der Waals surface area (Å²) in [5.41, 5.74) is 0.569. The van der Waals surface area contributed by atoms with Crippen molar-refractivity contribution in [2.24, 2.45) is 17.8 Å². The van der Waals surface area contributed by atoms with Crippen LogP contribution in [0, 0.1) is 17.8 Å². The van der Waals surface area contributed by atoms with Gasteiger partial charge in [0.15, 0.2) is 0 Å². The van der Waals surface area contributed by atoms with Crippen molar-refractivity contribution in [3.63, 3.8) is 0 Å². The molecule has 1 aromatic carbocycles. The molecule has 9 nitrogen and oxygen atoms in total. The first kappa shape index (κ1) is 33.7. The molecule has 3 fully saturated rings. The third kappa shape index (κ3) is 6.05. The van der Waals surface area contributed by atoms with E-state index in [0.717, 1.165) is 31.6 Å². The van der Waals surface area contributed by atoms with Gasteiger partial charge >= 0.3 is 5.97 Å². The molecule has 3 aliphatic heterocycles.